The highest BCUT2D eigenvalue weighted by Crippen LogP contribution is 2.80. The molecular formula is C24H36O4. The second kappa shape index (κ2) is 6.60. The molecule has 1 spiro atoms. The van der Waals surface area contributed by atoms with Gasteiger partial charge in [-0.05, 0) is 68.1 Å². The van der Waals surface area contributed by atoms with Crippen LogP contribution in [0.3, 0.4) is 0 Å². The van der Waals surface area contributed by atoms with E-state index in [9.17, 15) is 9.59 Å². The highest BCUT2D eigenvalue weighted by atomic mass is 16.6. The molecule has 4 fully saturated rings. The summed E-state index contributed by atoms with van der Waals surface area (Å²) in [6.07, 6.45) is 9.58. The van der Waals surface area contributed by atoms with Crippen molar-refractivity contribution < 1.29 is 19.1 Å². The van der Waals surface area contributed by atoms with Crippen LogP contribution < -0.4 is 0 Å². The summed E-state index contributed by atoms with van der Waals surface area (Å²) in [4.78, 5) is 24.5. The van der Waals surface area contributed by atoms with E-state index in [1.54, 1.807) is 6.92 Å². The van der Waals surface area contributed by atoms with Crippen molar-refractivity contribution >= 4 is 11.9 Å². The van der Waals surface area contributed by atoms with E-state index in [-0.39, 0.29) is 18.2 Å². The van der Waals surface area contributed by atoms with Gasteiger partial charge in [0.25, 0.3) is 0 Å². The molecule has 0 saturated heterocycles. The van der Waals surface area contributed by atoms with Crippen molar-refractivity contribution in [3.05, 3.63) is 12.2 Å². The molecule has 4 aliphatic rings. The molecule has 28 heavy (non-hydrogen) atoms. The zero-order valence-electron chi connectivity index (χ0n) is 18.0. The lowest BCUT2D eigenvalue weighted by molar-refractivity contribution is -0.188. The number of ether oxygens (including phenoxy) is 2. The van der Waals surface area contributed by atoms with Crippen LogP contribution in [0.25, 0.3) is 0 Å². The summed E-state index contributed by atoms with van der Waals surface area (Å²) in [7, 11) is 0. The fraction of sp³-hybridized carbons (Fsp3) is 0.833. The summed E-state index contributed by atoms with van der Waals surface area (Å²) in [5.74, 6) is 1.29. The Morgan fingerprint density at radius 1 is 1.04 bits per heavy atom. The van der Waals surface area contributed by atoms with Crippen LogP contribution in [0.2, 0.25) is 0 Å². The summed E-state index contributed by atoms with van der Waals surface area (Å²) in [5, 5.41) is 0. The van der Waals surface area contributed by atoms with Gasteiger partial charge in [-0.1, -0.05) is 40.2 Å². The summed E-state index contributed by atoms with van der Waals surface area (Å²) < 4.78 is 11.5. The molecule has 0 aromatic heterocycles. The van der Waals surface area contributed by atoms with E-state index in [1.165, 1.54) is 32.1 Å². The van der Waals surface area contributed by atoms with Gasteiger partial charge in [0.2, 0.25) is 0 Å². The lowest BCUT2D eigenvalue weighted by atomic mass is 9.62. The standard InChI is InChI=1S/C24H36O4/c1-15(2)21(26)27-13-20(25)28-24(17-8-6-16(3)7-9-17)18-10-22(4,5)14-23(11-18)12-19(23)24/h16-19H,1,6-14H2,2-5H3. The maximum atomic E-state index is 12.8. The zero-order chi connectivity index (χ0) is 20.3. The first-order valence-corrected chi connectivity index (χ1v) is 11.1. The van der Waals surface area contributed by atoms with Gasteiger partial charge in [0.15, 0.2) is 6.61 Å². The average molecular weight is 389 g/mol. The van der Waals surface area contributed by atoms with E-state index >= 15 is 0 Å². The monoisotopic (exact) mass is 388 g/mol. The van der Waals surface area contributed by atoms with Crippen molar-refractivity contribution in [3.8, 4) is 0 Å². The van der Waals surface area contributed by atoms with Crippen LogP contribution in [-0.4, -0.2) is 24.1 Å². The minimum Gasteiger partial charge on any atom is -0.456 e. The number of hydrogen-bond donors (Lipinski definition) is 0. The molecule has 0 radical (unpaired) electrons. The number of rotatable bonds is 5. The van der Waals surface area contributed by atoms with Gasteiger partial charge in [0.05, 0.1) is 0 Å². The quantitative estimate of drug-likeness (QED) is 0.488. The SMILES string of the molecule is C=C(C)C(=O)OCC(=O)OC1(C2CCC(C)CC2)C2CC(C)(C)CC3(C2)CC31. The van der Waals surface area contributed by atoms with Crippen LogP contribution in [-0.2, 0) is 19.1 Å². The van der Waals surface area contributed by atoms with Crippen molar-refractivity contribution in [2.75, 3.05) is 6.61 Å². The topological polar surface area (TPSA) is 52.6 Å². The molecule has 0 heterocycles. The number of esters is 2. The van der Waals surface area contributed by atoms with Gasteiger partial charge in [-0.15, -0.1) is 0 Å². The van der Waals surface area contributed by atoms with Gasteiger partial charge >= 0.3 is 11.9 Å². The van der Waals surface area contributed by atoms with Crippen LogP contribution in [0.5, 0.6) is 0 Å². The third kappa shape index (κ3) is 3.21. The second-order valence-electron chi connectivity index (χ2n) is 11.2. The molecule has 0 N–H and O–H groups in total. The molecule has 4 nitrogen and oxygen atoms in total. The van der Waals surface area contributed by atoms with Gasteiger partial charge in [0, 0.05) is 17.4 Å². The number of hydrogen-bond acceptors (Lipinski definition) is 4. The number of fused-ring (bicyclic) bond motifs is 1. The smallest absolute Gasteiger partial charge is 0.344 e. The van der Waals surface area contributed by atoms with E-state index in [0.29, 0.717) is 34.2 Å². The van der Waals surface area contributed by atoms with Crippen molar-refractivity contribution in [3.63, 3.8) is 0 Å². The predicted octanol–water partition coefficient (Wildman–Crippen LogP) is 5.06. The van der Waals surface area contributed by atoms with Gasteiger partial charge in [-0.25, -0.2) is 9.59 Å². The van der Waals surface area contributed by atoms with Crippen LogP contribution in [0.4, 0.5) is 0 Å². The minimum absolute atomic E-state index is 0.299. The molecule has 4 saturated carbocycles. The van der Waals surface area contributed by atoms with Crippen molar-refractivity contribution in [1.82, 2.24) is 0 Å². The maximum absolute atomic E-state index is 12.8. The fourth-order valence-electron chi connectivity index (χ4n) is 7.38. The second-order valence-corrected chi connectivity index (χ2v) is 11.2. The van der Waals surface area contributed by atoms with Crippen LogP contribution in [0.15, 0.2) is 12.2 Å². The van der Waals surface area contributed by atoms with Crippen LogP contribution in [0.1, 0.15) is 79.1 Å². The molecule has 4 rings (SSSR count). The first kappa shape index (κ1) is 20.0. The van der Waals surface area contributed by atoms with E-state index < -0.39 is 5.97 Å². The predicted molar refractivity (Wildman–Crippen MR) is 107 cm³/mol. The summed E-state index contributed by atoms with van der Waals surface area (Å²) >= 11 is 0. The van der Waals surface area contributed by atoms with Gasteiger partial charge in [-0.3, -0.25) is 0 Å². The molecule has 4 unspecified atom stereocenters. The number of carbonyl (C=O) groups is 2. The van der Waals surface area contributed by atoms with Crippen molar-refractivity contribution in [1.29, 1.82) is 0 Å². The maximum Gasteiger partial charge on any atom is 0.344 e. The Kier molecular flexibility index (Phi) is 4.71. The third-order valence-corrected chi connectivity index (χ3v) is 8.27. The summed E-state index contributed by atoms with van der Waals surface area (Å²) in [5.41, 5.74) is 0.689. The molecule has 4 heteroatoms. The van der Waals surface area contributed by atoms with E-state index in [2.05, 4.69) is 27.4 Å². The average Bonchev–Trinajstić information content (AvgIpc) is 3.24. The fourth-order valence-corrected chi connectivity index (χ4v) is 7.38. The Morgan fingerprint density at radius 3 is 2.36 bits per heavy atom. The van der Waals surface area contributed by atoms with E-state index in [4.69, 9.17) is 9.47 Å². The molecule has 0 aliphatic heterocycles. The third-order valence-electron chi connectivity index (χ3n) is 8.27. The molecule has 0 amide bonds. The van der Waals surface area contributed by atoms with Gasteiger partial charge in [-0.2, -0.15) is 0 Å². The Labute approximate surface area is 169 Å². The lowest BCUT2D eigenvalue weighted by Gasteiger charge is -2.48. The summed E-state index contributed by atoms with van der Waals surface area (Å²) in [6.45, 7) is 12.0. The highest BCUT2D eigenvalue weighted by molar-refractivity contribution is 5.88. The first-order chi connectivity index (χ1) is 13.1. The molecule has 4 atom stereocenters. The Hall–Kier alpha value is -1.32. The molecule has 2 bridgehead atoms. The Balaban J connectivity index is 1.57. The van der Waals surface area contributed by atoms with Gasteiger partial charge in [0.1, 0.15) is 5.60 Å². The molecule has 0 aromatic carbocycles. The van der Waals surface area contributed by atoms with Crippen LogP contribution in [0, 0.1) is 34.5 Å². The molecule has 4 aliphatic carbocycles. The molecule has 156 valence electrons. The Bertz CT molecular complexity index is 687. The van der Waals surface area contributed by atoms with Crippen molar-refractivity contribution in [2.45, 2.75) is 84.7 Å². The summed E-state index contributed by atoms with van der Waals surface area (Å²) in [6, 6.07) is 0. The Morgan fingerprint density at radius 2 is 1.71 bits per heavy atom. The normalized spacial score (nSPS) is 43.0. The molecule has 0 aromatic rings. The van der Waals surface area contributed by atoms with Crippen molar-refractivity contribution in [2.24, 2.45) is 34.5 Å². The minimum atomic E-state index is -0.522. The van der Waals surface area contributed by atoms with Gasteiger partial charge < -0.3 is 9.47 Å². The number of carbonyl (C=O) groups excluding carboxylic acids is 2. The van der Waals surface area contributed by atoms with E-state index in [0.717, 1.165) is 25.2 Å². The zero-order valence-corrected chi connectivity index (χ0v) is 18.0. The highest BCUT2D eigenvalue weighted by Gasteiger charge is 2.78. The van der Waals surface area contributed by atoms with Crippen LogP contribution >= 0.6 is 0 Å². The largest absolute Gasteiger partial charge is 0.456 e. The first-order valence-electron chi connectivity index (χ1n) is 11.1. The van der Waals surface area contributed by atoms with E-state index in [1.807, 2.05) is 0 Å². The lowest BCUT2D eigenvalue weighted by Crippen LogP contribution is -2.51. The molecular weight excluding hydrogens is 352 g/mol.